The van der Waals surface area contributed by atoms with E-state index in [-0.39, 0.29) is 11.6 Å². The molecule has 0 aliphatic heterocycles. The highest BCUT2D eigenvalue weighted by Crippen LogP contribution is 2.35. The lowest BCUT2D eigenvalue weighted by atomic mass is 9.97. The van der Waals surface area contributed by atoms with Crippen molar-refractivity contribution in [2.24, 2.45) is 0 Å². The molecule has 32 heavy (non-hydrogen) atoms. The van der Waals surface area contributed by atoms with Crippen molar-refractivity contribution in [1.82, 2.24) is 4.98 Å². The van der Waals surface area contributed by atoms with E-state index in [4.69, 9.17) is 28.2 Å². The number of carbonyl (C=O) groups excluding carboxylic acids is 1. The quantitative estimate of drug-likeness (QED) is 0.260. The Bertz CT molecular complexity index is 1400. The first-order chi connectivity index (χ1) is 15.3. The third-order valence-electron chi connectivity index (χ3n) is 5.22. The molecular weight excluding hydrogens is 449 g/mol. The molecule has 4 rings (SSSR count). The fourth-order valence-corrected chi connectivity index (χ4v) is 4.13. The first kappa shape index (κ1) is 21.7. The Labute approximate surface area is 194 Å². The normalized spacial score (nSPS) is 10.9. The minimum Gasteiger partial charge on any atom is -0.322 e. The largest absolute Gasteiger partial charge is 0.322 e. The number of anilines is 1. The number of aryl methyl sites for hydroxylation is 1. The number of nitro groups is 1. The van der Waals surface area contributed by atoms with Crippen LogP contribution < -0.4 is 5.32 Å². The monoisotopic (exact) mass is 465 g/mol. The average Bonchev–Trinajstić information content (AvgIpc) is 2.75. The number of pyridine rings is 1. The van der Waals surface area contributed by atoms with Gasteiger partial charge >= 0.3 is 0 Å². The Balaban J connectivity index is 1.85. The van der Waals surface area contributed by atoms with Crippen molar-refractivity contribution in [3.63, 3.8) is 0 Å². The van der Waals surface area contributed by atoms with E-state index in [9.17, 15) is 14.9 Å². The van der Waals surface area contributed by atoms with Gasteiger partial charge in [0.1, 0.15) is 0 Å². The maximum absolute atomic E-state index is 13.4. The Hall–Kier alpha value is -3.48. The van der Waals surface area contributed by atoms with Gasteiger partial charge < -0.3 is 5.32 Å². The third-order valence-corrected chi connectivity index (χ3v) is 5.77. The Kier molecular flexibility index (Phi) is 5.82. The number of hydrogen-bond donors (Lipinski definition) is 1. The zero-order valence-electron chi connectivity index (χ0n) is 17.1. The highest BCUT2D eigenvalue weighted by Gasteiger charge is 2.21. The lowest BCUT2D eigenvalue weighted by Crippen LogP contribution is -2.16. The van der Waals surface area contributed by atoms with Crippen LogP contribution in [0.15, 0.2) is 60.7 Å². The van der Waals surface area contributed by atoms with Gasteiger partial charge in [0.25, 0.3) is 11.6 Å². The van der Waals surface area contributed by atoms with Gasteiger partial charge in [0.2, 0.25) is 0 Å². The summed E-state index contributed by atoms with van der Waals surface area (Å²) in [6.07, 6.45) is 0. The van der Waals surface area contributed by atoms with Crippen LogP contribution in [0.1, 0.15) is 21.5 Å². The van der Waals surface area contributed by atoms with Crippen LogP contribution in [0.3, 0.4) is 0 Å². The molecule has 0 radical (unpaired) electrons. The SMILES string of the molecule is Cc1cc([N+](=O)[O-])ccc1NC(=O)c1c(C)c(-c2ccc(Cl)cc2Cl)nc2ccccc12. The molecule has 0 aliphatic rings. The van der Waals surface area contributed by atoms with Crippen molar-refractivity contribution in [3.8, 4) is 11.3 Å². The van der Waals surface area contributed by atoms with Crippen molar-refractivity contribution in [1.29, 1.82) is 0 Å². The fourth-order valence-electron chi connectivity index (χ4n) is 3.63. The van der Waals surface area contributed by atoms with E-state index in [1.165, 1.54) is 18.2 Å². The number of halogens is 2. The number of rotatable bonds is 4. The van der Waals surface area contributed by atoms with Gasteiger partial charge in [-0.2, -0.15) is 0 Å². The lowest BCUT2D eigenvalue weighted by Gasteiger charge is -2.16. The maximum atomic E-state index is 13.4. The number of nitro benzene ring substituents is 1. The van der Waals surface area contributed by atoms with Crippen LogP contribution in [-0.4, -0.2) is 15.8 Å². The number of nitrogens with one attached hydrogen (secondary N) is 1. The molecule has 4 aromatic rings. The van der Waals surface area contributed by atoms with E-state index in [1.807, 2.05) is 31.2 Å². The van der Waals surface area contributed by atoms with Crippen molar-refractivity contribution in [2.75, 3.05) is 5.32 Å². The van der Waals surface area contributed by atoms with Crippen LogP contribution >= 0.6 is 23.2 Å². The minimum absolute atomic E-state index is 0.0364. The number of nitrogens with zero attached hydrogens (tertiary/aromatic N) is 2. The van der Waals surface area contributed by atoms with E-state index in [0.717, 1.165) is 0 Å². The van der Waals surface area contributed by atoms with E-state index in [2.05, 4.69) is 5.32 Å². The summed E-state index contributed by atoms with van der Waals surface area (Å²) in [5, 5.41) is 15.5. The Morgan fingerprint density at radius 1 is 1.03 bits per heavy atom. The second-order valence-electron chi connectivity index (χ2n) is 7.31. The van der Waals surface area contributed by atoms with Crippen molar-refractivity contribution >= 4 is 51.4 Å². The summed E-state index contributed by atoms with van der Waals surface area (Å²) in [4.78, 5) is 28.7. The summed E-state index contributed by atoms with van der Waals surface area (Å²) in [5.74, 6) is -0.343. The van der Waals surface area contributed by atoms with Gasteiger partial charge in [0.05, 0.1) is 26.7 Å². The van der Waals surface area contributed by atoms with E-state index < -0.39 is 4.92 Å². The number of amides is 1. The molecule has 0 unspecified atom stereocenters. The molecule has 1 N–H and O–H groups in total. The first-order valence-corrected chi connectivity index (χ1v) is 10.4. The van der Waals surface area contributed by atoms with E-state index >= 15 is 0 Å². The van der Waals surface area contributed by atoms with Crippen LogP contribution in [0.5, 0.6) is 0 Å². The third kappa shape index (κ3) is 4.02. The van der Waals surface area contributed by atoms with Gasteiger partial charge in [-0.1, -0.05) is 41.4 Å². The molecule has 1 aromatic heterocycles. The average molecular weight is 466 g/mol. The van der Waals surface area contributed by atoms with Gasteiger partial charge in [-0.3, -0.25) is 14.9 Å². The molecule has 0 atom stereocenters. The summed E-state index contributed by atoms with van der Waals surface area (Å²) in [6, 6.07) is 16.8. The maximum Gasteiger partial charge on any atom is 0.269 e. The molecule has 6 nitrogen and oxygen atoms in total. The second-order valence-corrected chi connectivity index (χ2v) is 8.16. The van der Waals surface area contributed by atoms with Gasteiger partial charge in [0.15, 0.2) is 0 Å². The molecule has 160 valence electrons. The molecule has 0 spiro atoms. The van der Waals surface area contributed by atoms with Gasteiger partial charge in [-0.25, -0.2) is 4.98 Å². The molecule has 0 saturated carbocycles. The van der Waals surface area contributed by atoms with E-state index in [1.54, 1.807) is 25.1 Å². The standard InChI is InChI=1S/C24H17Cl2N3O3/c1-13-11-16(29(31)32)8-10-20(13)28-24(30)22-14(2)23(17-9-7-15(25)12-19(17)26)27-21-6-4-3-5-18(21)22/h3-12H,1-2H3,(H,28,30). The van der Waals surface area contributed by atoms with Gasteiger partial charge in [0, 0.05) is 33.8 Å². The lowest BCUT2D eigenvalue weighted by molar-refractivity contribution is -0.384. The summed E-state index contributed by atoms with van der Waals surface area (Å²) >= 11 is 12.5. The second kappa shape index (κ2) is 8.57. The van der Waals surface area contributed by atoms with Crippen LogP contribution in [0.4, 0.5) is 11.4 Å². The molecule has 8 heteroatoms. The Morgan fingerprint density at radius 2 is 1.78 bits per heavy atom. The van der Waals surface area contributed by atoms with E-state index in [0.29, 0.717) is 54.6 Å². The van der Waals surface area contributed by atoms with Crippen LogP contribution in [0.2, 0.25) is 10.0 Å². The highest BCUT2D eigenvalue weighted by atomic mass is 35.5. The number of benzene rings is 3. The molecule has 0 fully saturated rings. The smallest absolute Gasteiger partial charge is 0.269 e. The topological polar surface area (TPSA) is 85.1 Å². The summed E-state index contributed by atoms with van der Waals surface area (Å²) < 4.78 is 0. The van der Waals surface area contributed by atoms with Crippen molar-refractivity contribution in [2.45, 2.75) is 13.8 Å². The number of para-hydroxylation sites is 1. The number of non-ortho nitro benzene ring substituents is 1. The van der Waals surface area contributed by atoms with Gasteiger partial charge in [-0.15, -0.1) is 0 Å². The molecule has 0 saturated heterocycles. The molecule has 0 bridgehead atoms. The van der Waals surface area contributed by atoms with Crippen LogP contribution in [-0.2, 0) is 0 Å². The number of carbonyl (C=O) groups is 1. The van der Waals surface area contributed by atoms with Crippen molar-refractivity contribution in [3.05, 3.63) is 97.5 Å². The zero-order chi connectivity index (χ0) is 23.0. The molecular formula is C24H17Cl2N3O3. The van der Waals surface area contributed by atoms with Crippen molar-refractivity contribution < 1.29 is 9.72 Å². The molecule has 1 amide bonds. The van der Waals surface area contributed by atoms with Crippen LogP contribution in [0, 0.1) is 24.0 Å². The van der Waals surface area contributed by atoms with Gasteiger partial charge in [-0.05, 0) is 55.3 Å². The molecule has 1 heterocycles. The van der Waals surface area contributed by atoms with Crippen LogP contribution in [0.25, 0.3) is 22.2 Å². The predicted octanol–water partition coefficient (Wildman–Crippen LogP) is 6.99. The first-order valence-electron chi connectivity index (χ1n) is 9.67. The minimum atomic E-state index is -0.471. The summed E-state index contributed by atoms with van der Waals surface area (Å²) in [6.45, 7) is 3.52. The molecule has 3 aromatic carbocycles. The zero-order valence-corrected chi connectivity index (χ0v) is 18.7. The number of aromatic nitrogens is 1. The summed E-state index contributed by atoms with van der Waals surface area (Å²) in [7, 11) is 0. The highest BCUT2D eigenvalue weighted by molar-refractivity contribution is 6.36. The molecule has 0 aliphatic carbocycles. The number of fused-ring (bicyclic) bond motifs is 1. The predicted molar refractivity (Wildman–Crippen MR) is 128 cm³/mol. The number of hydrogen-bond acceptors (Lipinski definition) is 4. The summed E-state index contributed by atoms with van der Waals surface area (Å²) in [5.41, 5.74) is 4.04. The Morgan fingerprint density at radius 3 is 2.47 bits per heavy atom. The fraction of sp³-hybridized carbons (Fsp3) is 0.0833.